The molecule has 1 saturated carbocycles. The van der Waals surface area contributed by atoms with Gasteiger partial charge in [-0.25, -0.2) is 0 Å². The fourth-order valence-corrected chi connectivity index (χ4v) is 5.06. The van der Waals surface area contributed by atoms with Crippen molar-refractivity contribution in [2.75, 3.05) is 13.1 Å². The number of carbonyl (C=O) groups excluding carboxylic acids is 1. The van der Waals surface area contributed by atoms with Crippen molar-refractivity contribution < 1.29 is 18.0 Å². The molecule has 11 heteroatoms. The zero-order valence-electron chi connectivity index (χ0n) is 19.2. The Labute approximate surface area is 201 Å². The van der Waals surface area contributed by atoms with E-state index in [-0.39, 0.29) is 24.9 Å². The number of rotatable bonds is 3. The van der Waals surface area contributed by atoms with Gasteiger partial charge in [0.25, 0.3) is 0 Å². The van der Waals surface area contributed by atoms with Gasteiger partial charge in [-0.1, -0.05) is 11.6 Å². The Bertz CT molecular complexity index is 1120. The van der Waals surface area contributed by atoms with E-state index in [2.05, 4.69) is 10.2 Å². The molecule has 184 valence electrons. The first-order valence-corrected chi connectivity index (χ1v) is 11.9. The van der Waals surface area contributed by atoms with Gasteiger partial charge in [0.1, 0.15) is 11.4 Å². The first-order chi connectivity index (χ1) is 15.9. The number of nitrogens with two attached hydrogens (primary N) is 1. The van der Waals surface area contributed by atoms with Gasteiger partial charge in [0.05, 0.1) is 17.8 Å². The molecule has 0 bridgehead atoms. The second-order valence-electron chi connectivity index (χ2n) is 10.2. The van der Waals surface area contributed by atoms with Crippen molar-refractivity contribution in [1.29, 1.82) is 0 Å². The predicted octanol–water partition coefficient (Wildman–Crippen LogP) is 3.77. The highest BCUT2D eigenvalue weighted by Crippen LogP contribution is 2.41. The van der Waals surface area contributed by atoms with Crippen LogP contribution in [0.1, 0.15) is 62.7 Å². The molecule has 1 saturated heterocycles. The molecule has 5 rings (SSSR count). The molecular formula is C23H28ClF3N6O. The Kier molecular flexibility index (Phi) is 5.49. The summed E-state index contributed by atoms with van der Waals surface area (Å²) in [7, 11) is 0. The van der Waals surface area contributed by atoms with Crippen LogP contribution in [0.15, 0.2) is 18.2 Å². The highest BCUT2D eigenvalue weighted by atomic mass is 35.5. The molecule has 3 aliphatic rings. The highest BCUT2D eigenvalue weighted by Gasteiger charge is 2.52. The first kappa shape index (κ1) is 23.6. The molecule has 7 nitrogen and oxygen atoms in total. The second kappa shape index (κ2) is 7.93. The minimum atomic E-state index is -4.43. The lowest BCUT2D eigenvalue weighted by atomic mass is 9.95. The van der Waals surface area contributed by atoms with E-state index in [1.54, 1.807) is 12.1 Å². The number of fused-ring (bicyclic) bond motifs is 3. The Morgan fingerprint density at radius 3 is 2.44 bits per heavy atom. The average Bonchev–Trinajstić information content (AvgIpc) is 3.44. The van der Waals surface area contributed by atoms with Crippen molar-refractivity contribution >= 4 is 17.5 Å². The van der Waals surface area contributed by atoms with Gasteiger partial charge < -0.3 is 10.6 Å². The summed E-state index contributed by atoms with van der Waals surface area (Å²) in [5, 5.41) is 9.23. The molecular weight excluding hydrogens is 469 g/mol. The minimum absolute atomic E-state index is 0.00116. The third-order valence-electron chi connectivity index (χ3n) is 7.58. The molecule has 1 aromatic carbocycles. The smallest absolute Gasteiger partial charge is 0.341 e. The zero-order valence-corrected chi connectivity index (χ0v) is 20.0. The molecule has 2 aromatic rings. The molecule has 0 radical (unpaired) electrons. The fraction of sp³-hybridized carbons (Fsp3) is 0.609. The number of benzene rings is 1. The molecule has 1 aliphatic carbocycles. The van der Waals surface area contributed by atoms with Crippen LogP contribution in [0.4, 0.5) is 13.2 Å². The molecule has 1 amide bonds. The van der Waals surface area contributed by atoms with Crippen molar-refractivity contribution in [3.05, 3.63) is 40.4 Å². The Morgan fingerprint density at radius 1 is 1.15 bits per heavy atom. The lowest BCUT2D eigenvalue weighted by molar-refractivity contribution is -0.224. The van der Waals surface area contributed by atoms with E-state index < -0.39 is 17.3 Å². The number of aromatic nitrogens is 3. The number of amides is 1. The topological polar surface area (TPSA) is 80.3 Å². The normalized spacial score (nSPS) is 21.1. The standard InChI is InChI=1S/C23H28ClF3N6O/c1-21(2,23(25,26)27)32-12-15-11-16(24)3-4-17(15)33-18(13-32)29-30-19(33)14-5-9-31(10-6-14)20(34)22(28)7-8-22/h3-4,11,14H,5-10,12-13,28H2,1-2H3. The van der Waals surface area contributed by atoms with Crippen molar-refractivity contribution in [3.63, 3.8) is 0 Å². The summed E-state index contributed by atoms with van der Waals surface area (Å²) in [5.41, 5.74) is 4.77. The lowest BCUT2D eigenvalue weighted by Crippen LogP contribution is -2.53. The maximum absolute atomic E-state index is 13.9. The van der Waals surface area contributed by atoms with Crippen LogP contribution in [0.25, 0.3) is 5.69 Å². The van der Waals surface area contributed by atoms with Crippen LogP contribution in [0, 0.1) is 0 Å². The van der Waals surface area contributed by atoms with Crippen molar-refractivity contribution in [2.24, 2.45) is 5.73 Å². The maximum atomic E-state index is 13.9. The van der Waals surface area contributed by atoms with E-state index in [4.69, 9.17) is 17.3 Å². The number of nitrogens with zero attached hydrogens (tertiary/aromatic N) is 5. The predicted molar refractivity (Wildman–Crippen MR) is 120 cm³/mol. The lowest BCUT2D eigenvalue weighted by Gasteiger charge is -2.38. The Hall–Kier alpha value is -2.17. The van der Waals surface area contributed by atoms with Gasteiger partial charge in [0.15, 0.2) is 5.82 Å². The molecule has 0 spiro atoms. The zero-order chi connectivity index (χ0) is 24.5. The van der Waals surface area contributed by atoms with Gasteiger partial charge in [-0.2, -0.15) is 13.2 Å². The van der Waals surface area contributed by atoms with Gasteiger partial charge in [-0.3, -0.25) is 14.3 Å². The van der Waals surface area contributed by atoms with Crippen LogP contribution >= 0.6 is 11.6 Å². The van der Waals surface area contributed by atoms with E-state index in [9.17, 15) is 18.0 Å². The van der Waals surface area contributed by atoms with E-state index >= 15 is 0 Å². The maximum Gasteiger partial charge on any atom is 0.406 e. The van der Waals surface area contributed by atoms with E-state index in [1.807, 2.05) is 15.5 Å². The van der Waals surface area contributed by atoms with Crippen LogP contribution in [0.5, 0.6) is 0 Å². The molecule has 1 aromatic heterocycles. The summed E-state index contributed by atoms with van der Waals surface area (Å²) in [6.45, 7) is 3.59. The van der Waals surface area contributed by atoms with E-state index in [1.165, 1.54) is 18.7 Å². The molecule has 0 atom stereocenters. The highest BCUT2D eigenvalue weighted by molar-refractivity contribution is 6.30. The van der Waals surface area contributed by atoms with Crippen molar-refractivity contribution in [1.82, 2.24) is 24.6 Å². The molecule has 2 aliphatic heterocycles. The summed E-state index contributed by atoms with van der Waals surface area (Å²) in [4.78, 5) is 15.8. The van der Waals surface area contributed by atoms with Crippen molar-refractivity contribution in [3.8, 4) is 5.69 Å². The summed E-state index contributed by atoms with van der Waals surface area (Å²) in [6.07, 6.45) is -1.58. The second-order valence-corrected chi connectivity index (χ2v) is 10.7. The molecule has 2 N–H and O–H groups in total. The SMILES string of the molecule is CC(C)(N1Cc2cc(Cl)ccc2-n2c(nnc2C2CCN(C(=O)C3(N)CC3)CC2)C1)C(F)(F)F. The number of carbonyl (C=O) groups is 1. The summed E-state index contributed by atoms with van der Waals surface area (Å²) in [6, 6.07) is 5.27. The van der Waals surface area contributed by atoms with Crippen LogP contribution in [-0.2, 0) is 17.9 Å². The van der Waals surface area contributed by atoms with Gasteiger partial charge in [0, 0.05) is 30.6 Å². The Morgan fingerprint density at radius 2 is 1.82 bits per heavy atom. The number of hydrogen-bond acceptors (Lipinski definition) is 5. The molecule has 2 fully saturated rings. The summed E-state index contributed by atoms with van der Waals surface area (Å²) < 4.78 is 43.6. The van der Waals surface area contributed by atoms with E-state index in [0.717, 1.165) is 18.5 Å². The largest absolute Gasteiger partial charge is 0.406 e. The number of piperidine rings is 1. The van der Waals surface area contributed by atoms with Crippen LogP contribution in [0.2, 0.25) is 5.02 Å². The molecule has 3 heterocycles. The van der Waals surface area contributed by atoms with E-state index in [0.29, 0.717) is 48.2 Å². The first-order valence-electron chi connectivity index (χ1n) is 11.5. The quantitative estimate of drug-likeness (QED) is 0.699. The van der Waals surface area contributed by atoms with Crippen molar-refractivity contribution in [2.45, 2.75) is 75.8 Å². The van der Waals surface area contributed by atoms with Crippen LogP contribution < -0.4 is 5.73 Å². The average molecular weight is 497 g/mol. The third-order valence-corrected chi connectivity index (χ3v) is 7.81. The summed E-state index contributed by atoms with van der Waals surface area (Å²) >= 11 is 6.23. The monoisotopic (exact) mass is 496 g/mol. The van der Waals surface area contributed by atoms with Crippen LogP contribution in [0.3, 0.4) is 0 Å². The number of halogens is 4. The summed E-state index contributed by atoms with van der Waals surface area (Å²) in [5.74, 6) is 1.22. The fourth-order valence-electron chi connectivity index (χ4n) is 4.87. The van der Waals surface area contributed by atoms with Crippen LogP contribution in [-0.4, -0.2) is 60.8 Å². The van der Waals surface area contributed by atoms with Gasteiger partial charge in [0.2, 0.25) is 5.91 Å². The van der Waals surface area contributed by atoms with Gasteiger partial charge in [-0.15, -0.1) is 10.2 Å². The minimum Gasteiger partial charge on any atom is -0.341 e. The number of likely N-dealkylation sites (tertiary alicyclic amines) is 1. The molecule has 34 heavy (non-hydrogen) atoms. The third kappa shape index (κ3) is 3.89. The number of hydrogen-bond donors (Lipinski definition) is 1. The Balaban J connectivity index is 1.47. The number of alkyl halides is 3. The van der Waals surface area contributed by atoms with Gasteiger partial charge in [-0.05, 0) is 63.3 Å². The van der Waals surface area contributed by atoms with Gasteiger partial charge >= 0.3 is 6.18 Å². The molecule has 0 unspecified atom stereocenters.